The molecule has 0 heteroatoms. The fourth-order valence-corrected chi connectivity index (χ4v) is 1.23. The first-order chi connectivity index (χ1) is 7.00. The van der Waals surface area contributed by atoms with Crippen LogP contribution < -0.4 is 0 Å². The molecule has 0 bridgehead atoms. The molecule has 1 aliphatic rings. The summed E-state index contributed by atoms with van der Waals surface area (Å²) in [6.07, 6.45) is 26.0. The predicted octanol–water partition coefficient (Wildman–Crippen LogP) is 4.34. The van der Waals surface area contributed by atoms with Crippen LogP contribution in [0, 0.1) is 0 Å². The topological polar surface area (TPSA) is 0 Å². The van der Waals surface area contributed by atoms with Gasteiger partial charge >= 0.3 is 0 Å². The SMILES string of the molecule is C1=C\C=C\C/C=C/CCC\C=C/C=C/1. The average Bonchev–Trinajstić information content (AvgIpc) is 2.22. The van der Waals surface area contributed by atoms with Crippen molar-refractivity contribution in [3.05, 3.63) is 60.8 Å². The molecule has 0 saturated carbocycles. The lowest BCUT2D eigenvalue weighted by molar-refractivity contribution is 0.866. The quantitative estimate of drug-likeness (QED) is 0.494. The molecule has 0 aromatic carbocycles. The van der Waals surface area contributed by atoms with Crippen molar-refractivity contribution >= 4 is 0 Å². The van der Waals surface area contributed by atoms with Crippen molar-refractivity contribution < 1.29 is 0 Å². The highest BCUT2D eigenvalue weighted by atomic mass is 13.9. The minimum Gasteiger partial charge on any atom is -0.0882 e. The van der Waals surface area contributed by atoms with Gasteiger partial charge in [-0.25, -0.2) is 0 Å². The first-order valence-electron chi connectivity index (χ1n) is 5.30. The van der Waals surface area contributed by atoms with E-state index in [4.69, 9.17) is 0 Å². The molecule has 0 fully saturated rings. The summed E-state index contributed by atoms with van der Waals surface area (Å²) >= 11 is 0. The third kappa shape index (κ3) is 6.24. The van der Waals surface area contributed by atoms with E-state index in [-0.39, 0.29) is 0 Å². The second-order valence-corrected chi connectivity index (χ2v) is 3.26. The van der Waals surface area contributed by atoms with Crippen LogP contribution in [0.25, 0.3) is 0 Å². The lowest BCUT2D eigenvalue weighted by Gasteiger charge is -1.89. The van der Waals surface area contributed by atoms with Crippen LogP contribution in [0.5, 0.6) is 0 Å². The minimum absolute atomic E-state index is 1.05. The van der Waals surface area contributed by atoms with Crippen LogP contribution in [0.1, 0.15) is 25.7 Å². The highest BCUT2D eigenvalue weighted by Gasteiger charge is 1.79. The second kappa shape index (κ2) is 8.31. The van der Waals surface area contributed by atoms with Gasteiger partial charge in [0.25, 0.3) is 0 Å². The van der Waals surface area contributed by atoms with Crippen LogP contribution in [0.3, 0.4) is 0 Å². The first-order valence-corrected chi connectivity index (χ1v) is 5.30. The first kappa shape index (κ1) is 10.8. The summed E-state index contributed by atoms with van der Waals surface area (Å²) in [6.45, 7) is 0. The maximum absolute atomic E-state index is 2.27. The molecule has 0 N–H and O–H groups in total. The molecule has 0 nitrogen and oxygen atoms in total. The molecule has 0 amide bonds. The zero-order valence-corrected chi connectivity index (χ0v) is 8.60. The van der Waals surface area contributed by atoms with Gasteiger partial charge < -0.3 is 0 Å². The fourth-order valence-electron chi connectivity index (χ4n) is 1.23. The van der Waals surface area contributed by atoms with Crippen LogP contribution in [-0.2, 0) is 0 Å². The van der Waals surface area contributed by atoms with Crippen molar-refractivity contribution in [3.8, 4) is 0 Å². The lowest BCUT2D eigenvalue weighted by atomic mass is 10.2. The Kier molecular flexibility index (Phi) is 6.39. The van der Waals surface area contributed by atoms with E-state index >= 15 is 0 Å². The Bertz CT molecular complexity index is 262. The molecular weight excluding hydrogens is 168 g/mol. The average molecular weight is 186 g/mol. The van der Waals surface area contributed by atoms with Gasteiger partial charge in [0.15, 0.2) is 0 Å². The third-order valence-electron chi connectivity index (χ3n) is 2.01. The molecule has 1 aliphatic carbocycles. The van der Waals surface area contributed by atoms with Crippen LogP contribution in [0.15, 0.2) is 60.8 Å². The fraction of sp³-hybridized carbons (Fsp3) is 0.286. The summed E-state index contributed by atoms with van der Waals surface area (Å²) in [5, 5.41) is 0. The zero-order chi connectivity index (χ0) is 9.90. The Morgan fingerprint density at radius 2 is 1.14 bits per heavy atom. The molecule has 0 spiro atoms. The van der Waals surface area contributed by atoms with E-state index in [9.17, 15) is 0 Å². The van der Waals surface area contributed by atoms with Crippen molar-refractivity contribution in [3.63, 3.8) is 0 Å². The third-order valence-corrected chi connectivity index (χ3v) is 2.01. The Labute approximate surface area is 87.0 Å². The van der Waals surface area contributed by atoms with E-state index in [1.807, 2.05) is 0 Å². The molecule has 74 valence electrons. The summed E-state index contributed by atoms with van der Waals surface area (Å²) in [6, 6.07) is 0. The van der Waals surface area contributed by atoms with Crippen LogP contribution in [-0.4, -0.2) is 0 Å². The second-order valence-electron chi connectivity index (χ2n) is 3.26. The van der Waals surface area contributed by atoms with Gasteiger partial charge in [0.1, 0.15) is 0 Å². The molecule has 0 radical (unpaired) electrons. The van der Waals surface area contributed by atoms with Crippen molar-refractivity contribution in [2.75, 3.05) is 0 Å². The molecule has 14 heavy (non-hydrogen) atoms. The van der Waals surface area contributed by atoms with Crippen LogP contribution in [0.2, 0.25) is 0 Å². The summed E-state index contributed by atoms with van der Waals surface area (Å²) in [5.74, 6) is 0. The van der Waals surface area contributed by atoms with Gasteiger partial charge in [0.2, 0.25) is 0 Å². The normalized spacial score (nSPS) is 29.7. The van der Waals surface area contributed by atoms with Crippen molar-refractivity contribution in [1.29, 1.82) is 0 Å². The van der Waals surface area contributed by atoms with E-state index in [1.54, 1.807) is 0 Å². The van der Waals surface area contributed by atoms with Crippen LogP contribution >= 0.6 is 0 Å². The van der Waals surface area contributed by atoms with E-state index in [0.29, 0.717) is 0 Å². The molecule has 0 atom stereocenters. The molecule has 0 aromatic rings. The zero-order valence-electron chi connectivity index (χ0n) is 8.60. The Morgan fingerprint density at radius 1 is 0.500 bits per heavy atom. The molecule has 0 heterocycles. The Hall–Kier alpha value is -1.30. The Morgan fingerprint density at radius 3 is 2.00 bits per heavy atom. The van der Waals surface area contributed by atoms with E-state index in [2.05, 4.69) is 60.8 Å². The maximum Gasteiger partial charge on any atom is -0.0166 e. The van der Waals surface area contributed by atoms with E-state index < -0.39 is 0 Å². The highest BCUT2D eigenvalue weighted by molar-refractivity contribution is 5.15. The lowest BCUT2D eigenvalue weighted by Crippen LogP contribution is -1.69. The van der Waals surface area contributed by atoms with Crippen molar-refractivity contribution in [2.24, 2.45) is 0 Å². The van der Waals surface area contributed by atoms with Crippen molar-refractivity contribution in [2.45, 2.75) is 25.7 Å². The summed E-state index contributed by atoms with van der Waals surface area (Å²) in [7, 11) is 0. The monoisotopic (exact) mass is 186 g/mol. The smallest absolute Gasteiger partial charge is 0.0166 e. The predicted molar refractivity (Wildman–Crippen MR) is 64.2 cm³/mol. The Balaban J connectivity index is 2.46. The number of rotatable bonds is 0. The van der Waals surface area contributed by atoms with E-state index in [0.717, 1.165) is 6.42 Å². The molecule has 0 saturated heterocycles. The molecular formula is C14H18. The highest BCUT2D eigenvalue weighted by Crippen LogP contribution is 2.00. The van der Waals surface area contributed by atoms with Gasteiger partial charge in [-0.15, -0.1) is 0 Å². The van der Waals surface area contributed by atoms with Crippen molar-refractivity contribution in [1.82, 2.24) is 0 Å². The van der Waals surface area contributed by atoms with Gasteiger partial charge in [-0.1, -0.05) is 60.8 Å². The maximum atomic E-state index is 2.27. The molecule has 0 unspecified atom stereocenters. The van der Waals surface area contributed by atoms with Gasteiger partial charge in [-0.2, -0.15) is 0 Å². The van der Waals surface area contributed by atoms with Gasteiger partial charge in [-0.3, -0.25) is 0 Å². The minimum atomic E-state index is 1.05. The van der Waals surface area contributed by atoms with Gasteiger partial charge in [-0.05, 0) is 25.7 Å². The summed E-state index contributed by atoms with van der Waals surface area (Å²) < 4.78 is 0. The summed E-state index contributed by atoms with van der Waals surface area (Å²) in [5.41, 5.74) is 0. The summed E-state index contributed by atoms with van der Waals surface area (Å²) in [4.78, 5) is 0. The molecule has 1 rings (SSSR count). The number of hydrogen-bond donors (Lipinski definition) is 0. The van der Waals surface area contributed by atoms with Crippen LogP contribution in [0.4, 0.5) is 0 Å². The molecule has 0 aromatic heterocycles. The molecule has 0 aliphatic heterocycles. The van der Waals surface area contributed by atoms with Gasteiger partial charge in [0.05, 0.1) is 0 Å². The van der Waals surface area contributed by atoms with Gasteiger partial charge in [0, 0.05) is 0 Å². The largest absolute Gasteiger partial charge is 0.0882 e. The van der Waals surface area contributed by atoms with E-state index in [1.165, 1.54) is 19.3 Å². The number of hydrogen-bond acceptors (Lipinski definition) is 0. The number of allylic oxidation sites excluding steroid dienone is 10. The standard InChI is InChI=1S/C14H18/c1-2-4-6-8-10-12-14-13-11-9-7-5-3-1/h1-8,11,13H,9-10,12,14H2/b3-1-,4-2+,7-5+,8-6-,13-11+.